The summed E-state index contributed by atoms with van der Waals surface area (Å²) < 4.78 is 28.2. The lowest BCUT2D eigenvalue weighted by molar-refractivity contribution is 0.227. The van der Waals surface area contributed by atoms with Crippen LogP contribution in [0, 0.1) is 0 Å². The first kappa shape index (κ1) is 11.7. The molecular formula is C11H13ClO3S. The van der Waals surface area contributed by atoms with E-state index in [4.69, 9.17) is 16.3 Å². The van der Waals surface area contributed by atoms with Gasteiger partial charge in [-0.15, -0.1) is 11.6 Å². The summed E-state index contributed by atoms with van der Waals surface area (Å²) in [6.07, 6.45) is 0.341. The molecule has 1 aromatic carbocycles. The summed E-state index contributed by atoms with van der Waals surface area (Å²) in [6, 6.07) is 7.44. The Morgan fingerprint density at radius 3 is 2.75 bits per heavy atom. The largest absolute Gasteiger partial charge is 0.489 e. The van der Waals surface area contributed by atoms with Crippen molar-refractivity contribution < 1.29 is 13.2 Å². The van der Waals surface area contributed by atoms with Crippen LogP contribution in [-0.4, -0.2) is 26.0 Å². The van der Waals surface area contributed by atoms with Gasteiger partial charge in [-0.3, -0.25) is 0 Å². The van der Waals surface area contributed by atoms with Crippen LogP contribution >= 0.6 is 11.6 Å². The van der Waals surface area contributed by atoms with Crippen molar-refractivity contribution in [2.75, 3.05) is 11.5 Å². The SMILES string of the molecule is O=S1(=O)CCC(Oc2ccccc2CCl)C1. The van der Waals surface area contributed by atoms with Crippen LogP contribution in [0.3, 0.4) is 0 Å². The monoisotopic (exact) mass is 260 g/mol. The zero-order valence-corrected chi connectivity index (χ0v) is 10.3. The van der Waals surface area contributed by atoms with Gasteiger partial charge in [-0.2, -0.15) is 0 Å². The van der Waals surface area contributed by atoms with E-state index in [0.29, 0.717) is 18.1 Å². The van der Waals surface area contributed by atoms with Crippen molar-refractivity contribution >= 4 is 21.4 Å². The highest BCUT2D eigenvalue weighted by Gasteiger charge is 2.29. The van der Waals surface area contributed by atoms with Gasteiger partial charge in [0.25, 0.3) is 0 Å². The summed E-state index contributed by atoms with van der Waals surface area (Å²) in [6.45, 7) is 0. The molecule has 1 atom stereocenters. The van der Waals surface area contributed by atoms with Crippen molar-refractivity contribution in [1.82, 2.24) is 0 Å². The van der Waals surface area contributed by atoms with E-state index in [9.17, 15) is 8.42 Å². The Bertz CT molecular complexity index is 470. The molecule has 0 N–H and O–H groups in total. The maximum Gasteiger partial charge on any atom is 0.154 e. The third kappa shape index (κ3) is 2.68. The fourth-order valence-corrected chi connectivity index (χ4v) is 3.57. The third-order valence-corrected chi connectivity index (χ3v) is 4.63. The Morgan fingerprint density at radius 1 is 1.38 bits per heavy atom. The van der Waals surface area contributed by atoms with Gasteiger partial charge in [-0.05, 0) is 12.5 Å². The Morgan fingerprint density at radius 2 is 2.12 bits per heavy atom. The highest BCUT2D eigenvalue weighted by molar-refractivity contribution is 7.91. The molecule has 16 heavy (non-hydrogen) atoms. The summed E-state index contributed by atoms with van der Waals surface area (Å²) >= 11 is 5.78. The molecule has 1 aromatic rings. The smallest absolute Gasteiger partial charge is 0.154 e. The van der Waals surface area contributed by atoms with E-state index in [1.165, 1.54) is 0 Å². The van der Waals surface area contributed by atoms with Gasteiger partial charge >= 0.3 is 0 Å². The minimum absolute atomic E-state index is 0.115. The molecule has 2 rings (SSSR count). The number of ether oxygens (including phenoxy) is 1. The molecule has 0 saturated carbocycles. The van der Waals surface area contributed by atoms with Crippen molar-refractivity contribution in [3.63, 3.8) is 0 Å². The lowest BCUT2D eigenvalue weighted by Gasteiger charge is -2.14. The minimum atomic E-state index is -2.89. The van der Waals surface area contributed by atoms with Crippen molar-refractivity contribution in [1.29, 1.82) is 0 Å². The molecular weight excluding hydrogens is 248 g/mol. The topological polar surface area (TPSA) is 43.4 Å². The van der Waals surface area contributed by atoms with Crippen LogP contribution in [0.15, 0.2) is 24.3 Å². The van der Waals surface area contributed by atoms with Gasteiger partial charge < -0.3 is 4.74 Å². The highest BCUT2D eigenvalue weighted by Crippen LogP contribution is 2.24. The minimum Gasteiger partial charge on any atom is -0.489 e. The van der Waals surface area contributed by atoms with E-state index in [-0.39, 0.29) is 17.6 Å². The van der Waals surface area contributed by atoms with E-state index in [1.807, 2.05) is 24.3 Å². The van der Waals surface area contributed by atoms with Crippen LogP contribution in [0.25, 0.3) is 0 Å². The lowest BCUT2D eigenvalue weighted by Crippen LogP contribution is -2.18. The molecule has 1 fully saturated rings. The summed E-state index contributed by atoms with van der Waals surface area (Å²) in [5.41, 5.74) is 0.897. The van der Waals surface area contributed by atoms with Gasteiger partial charge in [0.15, 0.2) is 9.84 Å². The first-order valence-electron chi connectivity index (χ1n) is 5.12. The fraction of sp³-hybridized carbons (Fsp3) is 0.455. The van der Waals surface area contributed by atoms with Crippen molar-refractivity contribution in [2.24, 2.45) is 0 Å². The molecule has 3 nitrogen and oxygen atoms in total. The summed E-state index contributed by atoms with van der Waals surface area (Å²) in [5, 5.41) is 0. The molecule has 0 spiro atoms. The predicted molar refractivity (Wildman–Crippen MR) is 63.7 cm³/mol. The van der Waals surface area contributed by atoms with E-state index in [2.05, 4.69) is 0 Å². The van der Waals surface area contributed by atoms with Crippen LogP contribution in [0.2, 0.25) is 0 Å². The highest BCUT2D eigenvalue weighted by atomic mass is 35.5. The second-order valence-electron chi connectivity index (χ2n) is 3.88. The molecule has 1 heterocycles. The Balaban J connectivity index is 2.10. The number of sulfone groups is 1. The van der Waals surface area contributed by atoms with Crippen molar-refractivity contribution in [3.8, 4) is 5.75 Å². The Labute approximate surface area is 100 Å². The van der Waals surface area contributed by atoms with Crippen LogP contribution in [-0.2, 0) is 15.7 Å². The average molecular weight is 261 g/mol. The van der Waals surface area contributed by atoms with E-state index in [1.54, 1.807) is 0 Å². The van der Waals surface area contributed by atoms with Crippen molar-refractivity contribution in [2.45, 2.75) is 18.4 Å². The van der Waals surface area contributed by atoms with E-state index in [0.717, 1.165) is 5.56 Å². The number of rotatable bonds is 3. The molecule has 0 amide bonds. The molecule has 0 bridgehead atoms. The second kappa shape index (κ2) is 4.63. The normalized spacial score (nSPS) is 23.2. The van der Waals surface area contributed by atoms with Crippen LogP contribution in [0.5, 0.6) is 5.75 Å². The van der Waals surface area contributed by atoms with Gasteiger partial charge in [0.1, 0.15) is 11.9 Å². The van der Waals surface area contributed by atoms with Gasteiger partial charge in [-0.25, -0.2) is 8.42 Å². The molecule has 1 aliphatic rings. The number of alkyl halides is 1. The molecule has 0 aliphatic carbocycles. The summed E-state index contributed by atoms with van der Waals surface area (Å²) in [5.74, 6) is 1.40. The number of halogens is 1. The van der Waals surface area contributed by atoms with Gasteiger partial charge in [0, 0.05) is 5.56 Å². The molecule has 0 radical (unpaired) electrons. The van der Waals surface area contributed by atoms with Crippen LogP contribution in [0.4, 0.5) is 0 Å². The number of hydrogen-bond donors (Lipinski definition) is 0. The predicted octanol–water partition coefficient (Wildman–Crippen LogP) is 1.99. The standard InChI is InChI=1S/C11H13ClO3S/c12-7-9-3-1-2-4-11(9)15-10-5-6-16(13,14)8-10/h1-4,10H,5-8H2. The number of benzene rings is 1. The Hall–Kier alpha value is -0.740. The first-order valence-corrected chi connectivity index (χ1v) is 7.47. The quantitative estimate of drug-likeness (QED) is 0.781. The summed E-state index contributed by atoms with van der Waals surface area (Å²) in [7, 11) is -2.89. The van der Waals surface area contributed by atoms with Crippen LogP contribution < -0.4 is 4.74 Å². The molecule has 88 valence electrons. The first-order chi connectivity index (χ1) is 7.61. The van der Waals surface area contributed by atoms with Crippen molar-refractivity contribution in [3.05, 3.63) is 29.8 Å². The zero-order chi connectivity index (χ0) is 11.6. The van der Waals surface area contributed by atoms with Crippen LogP contribution in [0.1, 0.15) is 12.0 Å². The van der Waals surface area contributed by atoms with Gasteiger partial charge in [0.05, 0.1) is 17.4 Å². The molecule has 0 aromatic heterocycles. The Kier molecular flexibility index (Phi) is 3.40. The molecule has 1 unspecified atom stereocenters. The maximum atomic E-state index is 11.3. The number of para-hydroxylation sites is 1. The molecule has 5 heteroatoms. The number of hydrogen-bond acceptors (Lipinski definition) is 3. The second-order valence-corrected chi connectivity index (χ2v) is 6.38. The van der Waals surface area contributed by atoms with Gasteiger partial charge in [0.2, 0.25) is 0 Å². The maximum absolute atomic E-state index is 11.3. The lowest BCUT2D eigenvalue weighted by atomic mass is 10.2. The van der Waals surface area contributed by atoms with Gasteiger partial charge in [-0.1, -0.05) is 18.2 Å². The van der Waals surface area contributed by atoms with E-state index >= 15 is 0 Å². The zero-order valence-electron chi connectivity index (χ0n) is 8.73. The third-order valence-electron chi connectivity index (χ3n) is 2.60. The average Bonchev–Trinajstić information content (AvgIpc) is 2.59. The summed E-state index contributed by atoms with van der Waals surface area (Å²) in [4.78, 5) is 0. The molecule has 1 saturated heterocycles. The molecule has 1 aliphatic heterocycles. The fourth-order valence-electron chi connectivity index (χ4n) is 1.76. The van der Waals surface area contributed by atoms with E-state index < -0.39 is 9.84 Å².